The van der Waals surface area contributed by atoms with E-state index in [-0.39, 0.29) is 0 Å². The average molecular weight is 541 g/mol. The largest absolute Gasteiger partial charge is 0.303 e. The van der Waals surface area contributed by atoms with Crippen molar-refractivity contribution in [3.8, 4) is 0 Å². The number of unbranched alkanes of at least 4 members (excludes halogenated alkanes) is 1. The second-order valence-electron chi connectivity index (χ2n) is 9.80. The first-order valence-electron chi connectivity index (χ1n) is 13.5. The quantitative estimate of drug-likeness (QED) is 0.162. The molecular weight excluding hydrogens is 492 g/mol. The third-order valence-electron chi connectivity index (χ3n) is 5.36. The van der Waals surface area contributed by atoms with Gasteiger partial charge in [0.15, 0.2) is 0 Å². The van der Waals surface area contributed by atoms with E-state index < -0.39 is 0 Å². The molecule has 0 bridgehead atoms. The van der Waals surface area contributed by atoms with Gasteiger partial charge in [-0.3, -0.25) is 14.9 Å². The smallest absolute Gasteiger partial charge is 0.119 e. The Kier molecular flexibility index (Phi) is 18.9. The molecule has 0 spiro atoms. The van der Waals surface area contributed by atoms with Crippen molar-refractivity contribution in [1.82, 2.24) is 5.06 Å². The zero-order chi connectivity index (χ0) is 29.1. The highest BCUT2D eigenvalue weighted by Gasteiger charge is 2.09. The number of aldehydes is 1. The summed E-state index contributed by atoms with van der Waals surface area (Å²) in [5, 5.41) is 2.62. The molecule has 0 unspecified atom stereocenters. The summed E-state index contributed by atoms with van der Waals surface area (Å²) in [6.07, 6.45) is 4.71. The van der Waals surface area contributed by atoms with Gasteiger partial charge in [0.25, 0.3) is 0 Å². The predicted octanol–water partition coefficient (Wildman–Crippen LogP) is 9.82. The molecule has 4 nitrogen and oxygen atoms in total. The van der Waals surface area contributed by atoms with Gasteiger partial charge in [-0.2, -0.15) is 0 Å². The van der Waals surface area contributed by atoms with Crippen LogP contribution in [0.15, 0.2) is 65.7 Å². The Balaban J connectivity index is 0.000000631. The van der Waals surface area contributed by atoms with E-state index >= 15 is 0 Å². The van der Waals surface area contributed by atoms with Gasteiger partial charge in [-0.05, 0) is 75.6 Å². The van der Waals surface area contributed by atoms with E-state index in [2.05, 4.69) is 46.4 Å². The van der Waals surface area contributed by atoms with Crippen molar-refractivity contribution >= 4 is 35.0 Å². The van der Waals surface area contributed by atoms with E-state index in [1.54, 1.807) is 7.11 Å². The van der Waals surface area contributed by atoms with Crippen LogP contribution < -0.4 is 0 Å². The van der Waals surface area contributed by atoms with Gasteiger partial charge >= 0.3 is 0 Å². The van der Waals surface area contributed by atoms with E-state index in [1.807, 2.05) is 69.2 Å². The first-order valence-corrected chi connectivity index (χ1v) is 13.9. The number of hydrogen-bond donors (Lipinski definition) is 0. The lowest BCUT2D eigenvalue weighted by Gasteiger charge is -2.23. The van der Waals surface area contributed by atoms with Crippen molar-refractivity contribution < 1.29 is 9.63 Å². The van der Waals surface area contributed by atoms with Crippen LogP contribution in [0.25, 0.3) is 11.4 Å². The van der Waals surface area contributed by atoms with Gasteiger partial charge < -0.3 is 4.79 Å². The molecule has 0 N–H and O–H groups in total. The van der Waals surface area contributed by atoms with Crippen LogP contribution in [0.4, 0.5) is 0 Å². The highest BCUT2D eigenvalue weighted by molar-refractivity contribution is 6.31. The number of allylic oxidation sites excluding steroid dienone is 1. The maximum absolute atomic E-state index is 9.40. The normalized spacial score (nSPS) is 10.8. The highest BCUT2D eigenvalue weighted by Crippen LogP contribution is 2.28. The fourth-order valence-electron chi connectivity index (χ4n) is 3.51. The lowest BCUT2D eigenvalue weighted by Crippen LogP contribution is -2.20. The molecule has 2 aromatic carbocycles. The number of carbonyl (C=O) groups excluding carboxylic acids is 1. The molecule has 0 aromatic heterocycles. The molecule has 38 heavy (non-hydrogen) atoms. The second-order valence-corrected chi connectivity index (χ2v) is 10.2. The fraction of sp³-hybridized carbons (Fsp3) is 0.455. The number of hydroxylamine groups is 2. The van der Waals surface area contributed by atoms with Crippen molar-refractivity contribution in [2.24, 2.45) is 10.9 Å². The average Bonchev–Trinajstić information content (AvgIpc) is 2.88. The van der Waals surface area contributed by atoms with Crippen LogP contribution in [-0.4, -0.2) is 30.7 Å². The molecule has 0 fully saturated rings. The van der Waals surface area contributed by atoms with Gasteiger partial charge in [-0.15, -0.1) is 0 Å². The molecular formula is C33H49ClN2O2. The summed E-state index contributed by atoms with van der Waals surface area (Å²) in [5.41, 5.74) is 7.66. The molecule has 0 amide bonds. The molecule has 0 aliphatic heterocycles. The number of halogens is 1. The minimum atomic E-state index is 0.628. The van der Waals surface area contributed by atoms with Gasteiger partial charge in [-0.25, -0.2) is 0 Å². The molecule has 0 atom stereocenters. The van der Waals surface area contributed by atoms with E-state index in [0.29, 0.717) is 12.3 Å². The third-order valence-corrected chi connectivity index (χ3v) is 5.77. The number of nitrogens with zero attached hydrogens (tertiary/aromatic N) is 2. The van der Waals surface area contributed by atoms with Gasteiger partial charge in [-0.1, -0.05) is 88.3 Å². The monoisotopic (exact) mass is 540 g/mol. The van der Waals surface area contributed by atoms with Crippen LogP contribution >= 0.6 is 11.6 Å². The van der Waals surface area contributed by atoms with Crippen LogP contribution in [0.5, 0.6) is 0 Å². The maximum atomic E-state index is 9.40. The summed E-state index contributed by atoms with van der Waals surface area (Å²) in [5.74, 6) is 0.628. The molecule has 0 heterocycles. The van der Waals surface area contributed by atoms with Crippen LogP contribution in [0, 0.1) is 12.8 Å². The molecule has 0 aliphatic carbocycles. The molecule has 210 valence electrons. The van der Waals surface area contributed by atoms with Crippen molar-refractivity contribution in [3.63, 3.8) is 0 Å². The van der Waals surface area contributed by atoms with E-state index in [4.69, 9.17) is 21.4 Å². The first kappa shape index (κ1) is 35.3. The summed E-state index contributed by atoms with van der Waals surface area (Å²) < 4.78 is 0. The number of rotatable bonds is 11. The zero-order valence-corrected chi connectivity index (χ0v) is 25.9. The van der Waals surface area contributed by atoms with Crippen LogP contribution in [-0.2, 0) is 9.63 Å². The number of hydrogen-bond acceptors (Lipinski definition) is 4. The summed E-state index contributed by atoms with van der Waals surface area (Å²) in [6, 6.07) is 16.2. The van der Waals surface area contributed by atoms with Gasteiger partial charge in [0.05, 0.1) is 18.5 Å². The van der Waals surface area contributed by atoms with Crippen molar-refractivity contribution in [2.45, 2.75) is 81.1 Å². The molecule has 5 heteroatoms. The van der Waals surface area contributed by atoms with Crippen LogP contribution in [0.3, 0.4) is 0 Å². The SMILES string of the molecule is C=C(c1ccccc1)N(CCC)OC.CC(C)=N/C(=C(\C)CC(C)C)c1ccc(C)c(Cl)c1.CCCC=O. The maximum Gasteiger partial charge on any atom is 0.119 e. The Morgan fingerprint density at radius 3 is 2.11 bits per heavy atom. The Labute approximate surface area is 237 Å². The minimum absolute atomic E-state index is 0.628. The number of aryl methyl sites for hydroxylation is 1. The zero-order valence-electron chi connectivity index (χ0n) is 25.1. The van der Waals surface area contributed by atoms with Crippen LogP contribution in [0.2, 0.25) is 5.02 Å². The number of aliphatic imine (C=N–C) groups is 1. The van der Waals surface area contributed by atoms with Gasteiger partial charge in [0, 0.05) is 29.3 Å². The molecule has 0 radical (unpaired) electrons. The van der Waals surface area contributed by atoms with Crippen LogP contribution in [0.1, 0.15) is 90.8 Å². The van der Waals surface area contributed by atoms with Crippen molar-refractivity contribution in [1.29, 1.82) is 0 Å². The number of carbonyl (C=O) groups is 1. The lowest BCUT2D eigenvalue weighted by atomic mass is 9.98. The van der Waals surface area contributed by atoms with Crippen molar-refractivity contribution in [3.05, 3.63) is 82.4 Å². The van der Waals surface area contributed by atoms with E-state index in [1.165, 1.54) is 5.57 Å². The molecule has 2 aromatic rings. The Hall–Kier alpha value is -2.69. The molecule has 0 saturated heterocycles. The summed E-state index contributed by atoms with van der Waals surface area (Å²) >= 11 is 6.23. The fourth-order valence-corrected chi connectivity index (χ4v) is 3.69. The number of benzene rings is 2. The summed E-state index contributed by atoms with van der Waals surface area (Å²) in [4.78, 5) is 19.4. The highest BCUT2D eigenvalue weighted by atomic mass is 35.5. The Morgan fingerprint density at radius 2 is 1.68 bits per heavy atom. The Morgan fingerprint density at radius 1 is 1.05 bits per heavy atom. The predicted molar refractivity (Wildman–Crippen MR) is 167 cm³/mol. The minimum Gasteiger partial charge on any atom is -0.303 e. The Bertz CT molecular complexity index is 1020. The standard InChI is InChI=1S/C17H24ClN.C12H17NO.C4H8O/c1-11(2)9-14(6)17(19-12(3)4)15-8-7-13(5)16(18)10-15;1-4-10-13(14-3)11(2)12-8-6-5-7-9-12;1-2-3-4-5/h7-8,10-11H,9H2,1-6H3;5-9H,2,4,10H2,1,3H3;4H,2-3H2,1H3/b17-14+;;. The van der Waals surface area contributed by atoms with Crippen molar-refractivity contribution in [2.75, 3.05) is 13.7 Å². The lowest BCUT2D eigenvalue weighted by molar-refractivity contribution is -0.107. The summed E-state index contributed by atoms with van der Waals surface area (Å²) in [6.45, 7) is 21.7. The van der Waals surface area contributed by atoms with E-state index in [0.717, 1.165) is 70.9 Å². The van der Waals surface area contributed by atoms with E-state index in [9.17, 15) is 4.79 Å². The first-order chi connectivity index (χ1) is 18.0. The van der Waals surface area contributed by atoms with Gasteiger partial charge in [0.2, 0.25) is 0 Å². The second kappa shape index (κ2) is 20.3. The summed E-state index contributed by atoms with van der Waals surface area (Å²) in [7, 11) is 1.67. The third kappa shape index (κ3) is 14.3. The molecule has 0 aliphatic rings. The topological polar surface area (TPSA) is 41.9 Å². The molecule has 0 saturated carbocycles. The molecule has 2 rings (SSSR count). The van der Waals surface area contributed by atoms with Gasteiger partial charge in [0.1, 0.15) is 6.29 Å².